The Labute approximate surface area is 78.2 Å². The number of nitrogens with one attached hydrogen (secondary N) is 1. The minimum Gasteiger partial charge on any atom is -0.385 e. The summed E-state index contributed by atoms with van der Waals surface area (Å²) in [6.45, 7) is 3.08. The second-order valence-corrected chi connectivity index (χ2v) is 1.90. The fourth-order valence-corrected chi connectivity index (χ4v) is 0.760. The van der Waals surface area contributed by atoms with Crippen LogP contribution in [0, 0.1) is 0 Å². The largest absolute Gasteiger partial charge is 0.385 e. The lowest BCUT2D eigenvalue weighted by molar-refractivity contribution is 1.11. The van der Waals surface area contributed by atoms with Gasteiger partial charge in [-0.25, -0.2) is 0 Å². The van der Waals surface area contributed by atoms with Crippen molar-refractivity contribution in [3.8, 4) is 0 Å². The van der Waals surface area contributed by atoms with Crippen LogP contribution in [-0.4, -0.2) is 15.0 Å². The summed E-state index contributed by atoms with van der Waals surface area (Å²) in [4.78, 5) is 0. The SMILES string of the molecule is B.CCNc1ccccc1.F.F.F. The Balaban J connectivity index is -0.000000101. The van der Waals surface area contributed by atoms with Crippen molar-refractivity contribution in [2.24, 2.45) is 0 Å². The number of halogens is 3. The van der Waals surface area contributed by atoms with Crippen molar-refractivity contribution in [3.05, 3.63) is 30.3 Å². The van der Waals surface area contributed by atoms with Gasteiger partial charge < -0.3 is 5.32 Å². The van der Waals surface area contributed by atoms with Gasteiger partial charge in [-0.3, -0.25) is 14.1 Å². The molecule has 0 aliphatic carbocycles. The Morgan fingerprint density at radius 3 is 1.85 bits per heavy atom. The molecule has 0 aliphatic rings. The van der Waals surface area contributed by atoms with Gasteiger partial charge in [-0.1, -0.05) is 18.2 Å². The van der Waals surface area contributed by atoms with Gasteiger partial charge in [0.1, 0.15) is 0 Å². The summed E-state index contributed by atoms with van der Waals surface area (Å²) >= 11 is 0. The van der Waals surface area contributed by atoms with Gasteiger partial charge in [0, 0.05) is 12.2 Å². The molecule has 0 spiro atoms. The van der Waals surface area contributed by atoms with Crippen LogP contribution in [0.5, 0.6) is 0 Å². The summed E-state index contributed by atoms with van der Waals surface area (Å²) in [5.74, 6) is 0. The van der Waals surface area contributed by atoms with E-state index < -0.39 is 0 Å². The van der Waals surface area contributed by atoms with Gasteiger partial charge >= 0.3 is 0 Å². The van der Waals surface area contributed by atoms with Crippen molar-refractivity contribution in [1.82, 2.24) is 0 Å². The molecule has 1 nitrogen and oxygen atoms in total. The van der Waals surface area contributed by atoms with Gasteiger partial charge in [0.15, 0.2) is 0 Å². The van der Waals surface area contributed by atoms with Crippen LogP contribution in [0.4, 0.5) is 19.8 Å². The van der Waals surface area contributed by atoms with Gasteiger partial charge in [-0.15, -0.1) is 0 Å². The molecule has 1 N–H and O–H groups in total. The predicted molar refractivity (Wildman–Crippen MR) is 58.1 cm³/mol. The Kier molecular flexibility index (Phi) is 23.5. The average molecular weight is 195 g/mol. The first-order valence-electron chi connectivity index (χ1n) is 3.22. The van der Waals surface area contributed by atoms with Crippen LogP contribution in [0.15, 0.2) is 30.3 Å². The lowest BCUT2D eigenvalue weighted by Gasteiger charge is -1.99. The van der Waals surface area contributed by atoms with Crippen molar-refractivity contribution >= 4 is 14.1 Å². The summed E-state index contributed by atoms with van der Waals surface area (Å²) in [6, 6.07) is 10.2. The molecule has 0 unspecified atom stereocenters. The third-order valence-electron chi connectivity index (χ3n) is 1.15. The average Bonchev–Trinajstić information content (AvgIpc) is 1.91. The van der Waals surface area contributed by atoms with Crippen molar-refractivity contribution in [2.45, 2.75) is 6.92 Å². The zero-order chi connectivity index (χ0) is 6.53. The molecule has 0 aromatic heterocycles. The standard InChI is InChI=1S/C8H11N.BH3.3FH/c1-2-9-8-6-4-3-5-7-8;;;;/h3-7,9H,2H2,1H3;1H3;3*1H. The molecule has 5 heteroatoms. The fourth-order valence-electron chi connectivity index (χ4n) is 0.760. The molecule has 1 aromatic rings. The molecule has 1 rings (SSSR count). The summed E-state index contributed by atoms with van der Waals surface area (Å²) in [5, 5.41) is 3.21. The first-order chi connectivity index (χ1) is 4.43. The second kappa shape index (κ2) is 13.5. The minimum absolute atomic E-state index is 0. The summed E-state index contributed by atoms with van der Waals surface area (Å²) in [6.07, 6.45) is 0. The van der Waals surface area contributed by atoms with Crippen molar-refractivity contribution in [2.75, 3.05) is 11.9 Å². The number of para-hydroxylation sites is 1. The molecule has 0 saturated carbocycles. The molecule has 0 atom stereocenters. The third-order valence-corrected chi connectivity index (χ3v) is 1.15. The van der Waals surface area contributed by atoms with Gasteiger partial charge in [-0.2, -0.15) is 0 Å². The number of rotatable bonds is 2. The van der Waals surface area contributed by atoms with Crippen LogP contribution in [0.3, 0.4) is 0 Å². The molecule has 0 bridgehead atoms. The molecule has 13 heavy (non-hydrogen) atoms. The van der Waals surface area contributed by atoms with Crippen LogP contribution in [-0.2, 0) is 0 Å². The monoisotopic (exact) mass is 195 g/mol. The van der Waals surface area contributed by atoms with Crippen molar-refractivity contribution in [1.29, 1.82) is 0 Å². The molecule has 0 fully saturated rings. The number of benzene rings is 1. The van der Waals surface area contributed by atoms with E-state index >= 15 is 0 Å². The van der Waals surface area contributed by atoms with E-state index in [0.29, 0.717) is 0 Å². The maximum atomic E-state index is 3.21. The van der Waals surface area contributed by atoms with E-state index in [2.05, 4.69) is 24.4 Å². The number of hydrogen-bond donors (Lipinski definition) is 1. The molecule has 78 valence electrons. The quantitative estimate of drug-likeness (QED) is 0.703. The van der Waals surface area contributed by atoms with Crippen molar-refractivity contribution < 1.29 is 14.1 Å². The zero-order valence-electron chi connectivity index (χ0n) is 6.82. The van der Waals surface area contributed by atoms with Crippen molar-refractivity contribution in [3.63, 3.8) is 0 Å². The van der Waals surface area contributed by atoms with E-state index in [1.165, 1.54) is 5.69 Å². The first kappa shape index (κ1) is 22.6. The van der Waals surface area contributed by atoms with E-state index in [4.69, 9.17) is 0 Å². The molecule has 1 aromatic carbocycles. The van der Waals surface area contributed by atoms with E-state index in [1.807, 2.05) is 18.2 Å². The smallest absolute Gasteiger partial charge is 0.0814 e. The van der Waals surface area contributed by atoms with Crippen LogP contribution in [0.1, 0.15) is 6.92 Å². The van der Waals surface area contributed by atoms with E-state index in [9.17, 15) is 0 Å². The first-order valence-corrected chi connectivity index (χ1v) is 3.22. The van der Waals surface area contributed by atoms with Crippen LogP contribution >= 0.6 is 0 Å². The van der Waals surface area contributed by atoms with Crippen LogP contribution in [0.25, 0.3) is 0 Å². The van der Waals surface area contributed by atoms with E-state index in [-0.39, 0.29) is 22.5 Å². The topological polar surface area (TPSA) is 12.0 Å². The third kappa shape index (κ3) is 8.78. The predicted octanol–water partition coefficient (Wildman–Crippen LogP) is 1.39. The van der Waals surface area contributed by atoms with Gasteiger partial charge in [-0.05, 0) is 19.1 Å². The molecule has 0 radical (unpaired) electrons. The summed E-state index contributed by atoms with van der Waals surface area (Å²) < 4.78 is 0. The molecular weight excluding hydrogens is 178 g/mol. The highest BCUT2D eigenvalue weighted by molar-refractivity contribution is 5.75. The second-order valence-electron chi connectivity index (χ2n) is 1.90. The Morgan fingerprint density at radius 2 is 1.46 bits per heavy atom. The molecule has 0 heterocycles. The molecule has 0 aliphatic heterocycles. The highest BCUT2D eigenvalue weighted by Gasteiger charge is 1.81. The minimum atomic E-state index is 0. The van der Waals surface area contributed by atoms with Crippen LogP contribution in [0.2, 0.25) is 0 Å². The highest BCUT2D eigenvalue weighted by atomic mass is 19.0. The fraction of sp³-hybridized carbons (Fsp3) is 0.250. The molecule has 0 amide bonds. The molecule has 0 saturated heterocycles. The lowest BCUT2D eigenvalue weighted by atomic mass is 10.3. The normalized spacial score (nSPS) is 6.23. The van der Waals surface area contributed by atoms with Gasteiger partial charge in [0.25, 0.3) is 0 Å². The number of hydrogen-bond acceptors (Lipinski definition) is 1. The lowest BCUT2D eigenvalue weighted by Crippen LogP contribution is -1.94. The summed E-state index contributed by atoms with van der Waals surface area (Å²) in [7, 11) is 0. The molecular formula is C8H17BF3N. The Bertz CT molecular complexity index is 172. The maximum absolute atomic E-state index is 3.21. The Morgan fingerprint density at radius 1 is 1.00 bits per heavy atom. The van der Waals surface area contributed by atoms with E-state index in [1.54, 1.807) is 0 Å². The maximum Gasteiger partial charge on any atom is 0.0814 e. The van der Waals surface area contributed by atoms with Gasteiger partial charge in [0.2, 0.25) is 0 Å². The van der Waals surface area contributed by atoms with Gasteiger partial charge in [0.05, 0.1) is 8.41 Å². The van der Waals surface area contributed by atoms with E-state index in [0.717, 1.165) is 6.54 Å². The zero-order valence-corrected chi connectivity index (χ0v) is 6.82. The summed E-state index contributed by atoms with van der Waals surface area (Å²) in [5.41, 5.74) is 1.19. The Hall–Kier alpha value is -1.13. The highest BCUT2D eigenvalue weighted by Crippen LogP contribution is 2.02. The number of anilines is 1. The van der Waals surface area contributed by atoms with Crippen LogP contribution < -0.4 is 5.32 Å².